The molecule has 106 valence electrons. The number of nitrogens with zero attached hydrogens (tertiary/aromatic N) is 2. The van der Waals surface area contributed by atoms with Crippen molar-refractivity contribution in [2.24, 2.45) is 11.7 Å². The van der Waals surface area contributed by atoms with Crippen molar-refractivity contribution in [3.05, 3.63) is 23.5 Å². The molecule has 0 atom stereocenters. The van der Waals surface area contributed by atoms with Gasteiger partial charge in [0.05, 0.1) is 5.92 Å². The summed E-state index contributed by atoms with van der Waals surface area (Å²) in [7, 11) is 0. The number of rotatable bonds is 2. The Labute approximate surface area is 110 Å². The molecule has 2 N–H and O–H groups in total. The van der Waals surface area contributed by atoms with Gasteiger partial charge in [0.1, 0.15) is 0 Å². The number of alkyl halides is 3. The lowest BCUT2D eigenvalue weighted by molar-refractivity contribution is -0.179. The highest BCUT2D eigenvalue weighted by molar-refractivity contribution is 5.53. The third-order valence-electron chi connectivity index (χ3n) is 3.62. The number of halogens is 3. The fourth-order valence-electron chi connectivity index (χ4n) is 2.47. The van der Waals surface area contributed by atoms with Gasteiger partial charge in [-0.2, -0.15) is 13.2 Å². The molecule has 0 saturated carbocycles. The molecule has 0 aromatic carbocycles. The van der Waals surface area contributed by atoms with Crippen LogP contribution in [0.5, 0.6) is 0 Å². The number of hydrogen-bond donors (Lipinski definition) is 1. The maximum Gasteiger partial charge on any atom is 0.391 e. The van der Waals surface area contributed by atoms with E-state index in [9.17, 15) is 13.2 Å². The first-order valence-electron chi connectivity index (χ1n) is 6.39. The predicted molar refractivity (Wildman–Crippen MR) is 67.9 cm³/mol. The van der Waals surface area contributed by atoms with Crippen molar-refractivity contribution >= 4 is 5.69 Å². The smallest absolute Gasteiger partial charge is 0.371 e. The molecule has 1 aromatic heterocycles. The van der Waals surface area contributed by atoms with Crippen LogP contribution in [0.2, 0.25) is 0 Å². The average molecular weight is 273 g/mol. The van der Waals surface area contributed by atoms with Crippen molar-refractivity contribution in [1.29, 1.82) is 0 Å². The van der Waals surface area contributed by atoms with Crippen LogP contribution in [-0.4, -0.2) is 24.2 Å². The van der Waals surface area contributed by atoms with Gasteiger partial charge < -0.3 is 10.6 Å². The highest BCUT2D eigenvalue weighted by atomic mass is 19.4. The largest absolute Gasteiger partial charge is 0.391 e. The first kappa shape index (κ1) is 14.1. The molecule has 0 amide bonds. The summed E-state index contributed by atoms with van der Waals surface area (Å²) in [5.41, 5.74) is 8.32. The van der Waals surface area contributed by atoms with Crippen LogP contribution in [0.15, 0.2) is 12.3 Å². The first-order valence-corrected chi connectivity index (χ1v) is 6.39. The van der Waals surface area contributed by atoms with Crippen molar-refractivity contribution < 1.29 is 13.2 Å². The van der Waals surface area contributed by atoms with Gasteiger partial charge in [-0.3, -0.25) is 4.98 Å². The number of pyridine rings is 1. The summed E-state index contributed by atoms with van der Waals surface area (Å²) in [6.07, 6.45) is -2.07. The Hall–Kier alpha value is -1.30. The molecule has 0 spiro atoms. The van der Waals surface area contributed by atoms with Crippen LogP contribution >= 0.6 is 0 Å². The number of anilines is 1. The Bertz CT molecular complexity index is 437. The predicted octanol–water partition coefficient (Wildman–Crippen LogP) is 2.63. The van der Waals surface area contributed by atoms with Crippen LogP contribution in [0, 0.1) is 12.8 Å². The number of nitrogens with two attached hydrogens (primary N) is 1. The number of aryl methyl sites for hydroxylation is 1. The molecule has 1 aromatic rings. The van der Waals surface area contributed by atoms with Crippen LogP contribution in [0.1, 0.15) is 24.1 Å². The van der Waals surface area contributed by atoms with Gasteiger partial charge >= 0.3 is 6.18 Å². The summed E-state index contributed by atoms with van der Waals surface area (Å²) in [5, 5.41) is 0. The third-order valence-corrected chi connectivity index (χ3v) is 3.62. The highest BCUT2D eigenvalue weighted by Gasteiger charge is 2.41. The lowest BCUT2D eigenvalue weighted by Crippen LogP contribution is -2.39. The van der Waals surface area contributed by atoms with Crippen molar-refractivity contribution in [3.8, 4) is 0 Å². The second kappa shape index (κ2) is 5.36. The SMILES string of the molecule is Cc1cc(N2CCC(C(F)(F)F)CC2)c(CN)cn1. The third kappa shape index (κ3) is 3.18. The Balaban J connectivity index is 2.11. The number of piperidine rings is 1. The maximum absolute atomic E-state index is 12.6. The van der Waals surface area contributed by atoms with E-state index in [-0.39, 0.29) is 12.8 Å². The molecule has 1 fully saturated rings. The topological polar surface area (TPSA) is 42.1 Å². The lowest BCUT2D eigenvalue weighted by atomic mass is 9.95. The fourth-order valence-corrected chi connectivity index (χ4v) is 2.47. The van der Waals surface area contributed by atoms with Crippen molar-refractivity contribution in [3.63, 3.8) is 0 Å². The zero-order valence-electron chi connectivity index (χ0n) is 10.9. The lowest BCUT2D eigenvalue weighted by Gasteiger charge is -2.35. The molecule has 6 heteroatoms. The molecule has 2 rings (SSSR count). The average Bonchev–Trinajstić information content (AvgIpc) is 2.38. The van der Waals surface area contributed by atoms with E-state index in [2.05, 4.69) is 4.98 Å². The van der Waals surface area contributed by atoms with E-state index in [4.69, 9.17) is 5.73 Å². The van der Waals surface area contributed by atoms with Crippen LogP contribution in [0.4, 0.5) is 18.9 Å². The van der Waals surface area contributed by atoms with E-state index >= 15 is 0 Å². The molecule has 2 heterocycles. The second-order valence-corrected chi connectivity index (χ2v) is 4.96. The summed E-state index contributed by atoms with van der Waals surface area (Å²) in [5.74, 6) is -1.17. The molecule has 0 aliphatic carbocycles. The van der Waals surface area contributed by atoms with E-state index in [1.54, 1.807) is 6.20 Å². The number of hydrogen-bond acceptors (Lipinski definition) is 3. The molecule has 0 radical (unpaired) electrons. The Kier molecular flexibility index (Phi) is 3.99. The van der Waals surface area contributed by atoms with Gasteiger partial charge in [-0.05, 0) is 25.8 Å². The van der Waals surface area contributed by atoms with E-state index in [1.807, 2.05) is 17.9 Å². The second-order valence-electron chi connectivity index (χ2n) is 4.96. The molecular formula is C13H18F3N3. The molecule has 1 saturated heterocycles. The van der Waals surface area contributed by atoms with E-state index in [0.717, 1.165) is 16.9 Å². The summed E-state index contributed by atoms with van der Waals surface area (Å²) >= 11 is 0. The van der Waals surface area contributed by atoms with Gasteiger partial charge in [0.15, 0.2) is 0 Å². The number of aromatic nitrogens is 1. The summed E-state index contributed by atoms with van der Waals surface area (Å²) in [6, 6.07) is 1.90. The molecule has 3 nitrogen and oxygen atoms in total. The van der Waals surface area contributed by atoms with Crippen molar-refractivity contribution in [2.75, 3.05) is 18.0 Å². The summed E-state index contributed by atoms with van der Waals surface area (Å²) in [6.45, 7) is 3.05. The van der Waals surface area contributed by atoms with Gasteiger partial charge in [-0.25, -0.2) is 0 Å². The van der Waals surface area contributed by atoms with E-state index in [0.29, 0.717) is 19.6 Å². The van der Waals surface area contributed by atoms with Crippen molar-refractivity contribution in [1.82, 2.24) is 4.98 Å². The van der Waals surface area contributed by atoms with Gasteiger partial charge in [0, 0.05) is 42.8 Å². The monoisotopic (exact) mass is 273 g/mol. The van der Waals surface area contributed by atoms with Crippen molar-refractivity contribution in [2.45, 2.75) is 32.5 Å². The molecular weight excluding hydrogens is 255 g/mol. The van der Waals surface area contributed by atoms with Crippen LogP contribution in [0.3, 0.4) is 0 Å². The van der Waals surface area contributed by atoms with Crippen LogP contribution < -0.4 is 10.6 Å². The molecule has 19 heavy (non-hydrogen) atoms. The van der Waals surface area contributed by atoms with Gasteiger partial charge in [0.2, 0.25) is 0 Å². The van der Waals surface area contributed by atoms with Crippen LogP contribution in [-0.2, 0) is 6.54 Å². The highest BCUT2D eigenvalue weighted by Crippen LogP contribution is 2.36. The van der Waals surface area contributed by atoms with Gasteiger partial charge in [-0.15, -0.1) is 0 Å². The Morgan fingerprint density at radius 2 is 2.00 bits per heavy atom. The molecule has 0 bridgehead atoms. The zero-order valence-corrected chi connectivity index (χ0v) is 10.9. The quantitative estimate of drug-likeness (QED) is 0.900. The minimum atomic E-state index is -4.07. The minimum absolute atomic E-state index is 0.148. The fraction of sp³-hybridized carbons (Fsp3) is 0.615. The molecule has 1 aliphatic rings. The maximum atomic E-state index is 12.6. The summed E-state index contributed by atoms with van der Waals surface area (Å²) < 4.78 is 37.9. The standard InChI is InChI=1S/C13H18F3N3/c1-9-6-12(10(7-17)8-18-9)19-4-2-11(3-5-19)13(14,15)16/h6,8,11H,2-5,7,17H2,1H3. The zero-order chi connectivity index (χ0) is 14.0. The van der Waals surface area contributed by atoms with Gasteiger partial charge in [0.25, 0.3) is 0 Å². The Morgan fingerprint density at radius 3 is 2.53 bits per heavy atom. The Morgan fingerprint density at radius 1 is 1.37 bits per heavy atom. The van der Waals surface area contributed by atoms with E-state index in [1.165, 1.54) is 0 Å². The first-order chi connectivity index (χ1) is 8.91. The molecule has 1 aliphatic heterocycles. The van der Waals surface area contributed by atoms with Gasteiger partial charge in [-0.1, -0.05) is 0 Å². The normalized spacial score (nSPS) is 17.8. The minimum Gasteiger partial charge on any atom is -0.371 e. The van der Waals surface area contributed by atoms with E-state index < -0.39 is 12.1 Å². The van der Waals surface area contributed by atoms with Crippen LogP contribution in [0.25, 0.3) is 0 Å². The molecule has 0 unspecified atom stereocenters. The summed E-state index contributed by atoms with van der Waals surface area (Å²) in [4.78, 5) is 6.16.